The first kappa shape index (κ1) is 18.7. The molecule has 1 N–H and O–H groups in total. The molecule has 0 aliphatic heterocycles. The first-order valence-corrected chi connectivity index (χ1v) is 8.20. The van der Waals surface area contributed by atoms with Crippen molar-refractivity contribution in [3.63, 3.8) is 0 Å². The van der Waals surface area contributed by atoms with Crippen LogP contribution in [0.25, 0.3) is 0 Å². The van der Waals surface area contributed by atoms with Crippen LogP contribution >= 0.6 is 0 Å². The molecule has 0 aromatic carbocycles. The van der Waals surface area contributed by atoms with Crippen molar-refractivity contribution in [1.82, 2.24) is 0 Å². The van der Waals surface area contributed by atoms with Gasteiger partial charge in [-0.15, -0.1) is 6.58 Å². The first-order chi connectivity index (χ1) is 8.85. The van der Waals surface area contributed by atoms with Gasteiger partial charge in [-0.05, 0) is 31.1 Å². The van der Waals surface area contributed by atoms with Gasteiger partial charge < -0.3 is 5.11 Å². The molecule has 0 saturated heterocycles. The summed E-state index contributed by atoms with van der Waals surface area (Å²) in [6, 6.07) is 0. The predicted octanol–water partition coefficient (Wildman–Crippen LogP) is 5.73. The molecule has 114 valence electrons. The van der Waals surface area contributed by atoms with E-state index in [4.69, 9.17) is 0 Å². The van der Waals surface area contributed by atoms with Crippen molar-refractivity contribution in [2.45, 2.75) is 91.6 Å². The Kier molecular flexibility index (Phi) is 8.65. The van der Waals surface area contributed by atoms with E-state index < -0.39 is 5.60 Å². The van der Waals surface area contributed by atoms with Crippen LogP contribution in [0.15, 0.2) is 12.7 Å². The van der Waals surface area contributed by atoms with Crippen LogP contribution in [0, 0.1) is 11.3 Å². The van der Waals surface area contributed by atoms with Gasteiger partial charge in [-0.2, -0.15) is 0 Å². The van der Waals surface area contributed by atoms with E-state index in [2.05, 4.69) is 41.2 Å². The van der Waals surface area contributed by atoms with Gasteiger partial charge in [0.05, 0.1) is 5.60 Å². The molecule has 1 nitrogen and oxygen atoms in total. The van der Waals surface area contributed by atoms with Crippen LogP contribution in [-0.4, -0.2) is 10.7 Å². The maximum Gasteiger partial charge on any atom is 0.0704 e. The van der Waals surface area contributed by atoms with Crippen LogP contribution in [0.2, 0.25) is 0 Å². The largest absolute Gasteiger partial charge is 0.389 e. The van der Waals surface area contributed by atoms with Crippen molar-refractivity contribution < 1.29 is 5.11 Å². The Hall–Kier alpha value is -0.300. The fraction of sp³-hybridized carbons (Fsp3) is 0.889. The van der Waals surface area contributed by atoms with E-state index in [1.165, 1.54) is 32.1 Å². The zero-order valence-corrected chi connectivity index (χ0v) is 14.0. The highest BCUT2D eigenvalue weighted by atomic mass is 16.3. The van der Waals surface area contributed by atoms with Crippen LogP contribution in [0.4, 0.5) is 0 Å². The Morgan fingerprint density at radius 2 is 1.63 bits per heavy atom. The summed E-state index contributed by atoms with van der Waals surface area (Å²) in [5.41, 5.74) is -0.270. The summed E-state index contributed by atoms with van der Waals surface area (Å²) < 4.78 is 0. The van der Waals surface area contributed by atoms with Crippen LogP contribution in [-0.2, 0) is 0 Å². The summed E-state index contributed by atoms with van der Waals surface area (Å²) in [5, 5.41) is 10.7. The Balaban J connectivity index is 4.46. The molecule has 0 bridgehead atoms. The van der Waals surface area contributed by atoms with Gasteiger partial charge >= 0.3 is 0 Å². The van der Waals surface area contributed by atoms with Crippen molar-refractivity contribution >= 4 is 0 Å². The SMILES string of the molecule is C=CC(CC(C)(C)CCCCCC)C(O)(CC)CC. The monoisotopic (exact) mass is 268 g/mol. The van der Waals surface area contributed by atoms with E-state index in [1.54, 1.807) is 0 Å². The fourth-order valence-electron chi connectivity index (χ4n) is 2.99. The van der Waals surface area contributed by atoms with Gasteiger partial charge in [0.15, 0.2) is 0 Å². The van der Waals surface area contributed by atoms with E-state index in [1.807, 2.05) is 6.08 Å². The molecule has 0 amide bonds. The smallest absolute Gasteiger partial charge is 0.0704 e. The lowest BCUT2D eigenvalue weighted by Crippen LogP contribution is -2.38. The molecule has 0 radical (unpaired) electrons. The normalized spacial score (nSPS) is 14.4. The second kappa shape index (κ2) is 8.79. The van der Waals surface area contributed by atoms with Gasteiger partial charge in [-0.25, -0.2) is 0 Å². The zero-order chi connectivity index (χ0) is 14.9. The minimum Gasteiger partial charge on any atom is -0.389 e. The van der Waals surface area contributed by atoms with Gasteiger partial charge in [0.1, 0.15) is 0 Å². The predicted molar refractivity (Wildman–Crippen MR) is 86.4 cm³/mol. The molecule has 1 atom stereocenters. The van der Waals surface area contributed by atoms with E-state index >= 15 is 0 Å². The second-order valence-electron chi connectivity index (χ2n) is 6.83. The number of aliphatic hydroxyl groups is 1. The van der Waals surface area contributed by atoms with E-state index in [0.717, 1.165) is 19.3 Å². The summed E-state index contributed by atoms with van der Waals surface area (Å²) in [6.07, 6.45) is 11.2. The molecule has 0 heterocycles. The standard InChI is InChI=1S/C18H36O/c1-7-11-12-13-14-17(5,6)15-16(8-2)18(19,9-3)10-4/h8,16,19H,2,7,9-15H2,1,3-6H3. The topological polar surface area (TPSA) is 20.2 Å². The Morgan fingerprint density at radius 1 is 1.05 bits per heavy atom. The molecule has 0 aromatic rings. The molecular weight excluding hydrogens is 232 g/mol. The molecular formula is C18H36O. The van der Waals surface area contributed by atoms with Crippen molar-refractivity contribution in [2.75, 3.05) is 0 Å². The van der Waals surface area contributed by atoms with Crippen LogP contribution < -0.4 is 0 Å². The Labute approximate surface area is 121 Å². The number of hydrogen-bond donors (Lipinski definition) is 1. The number of rotatable bonds is 11. The number of hydrogen-bond acceptors (Lipinski definition) is 1. The average molecular weight is 268 g/mol. The van der Waals surface area contributed by atoms with Crippen LogP contribution in [0.5, 0.6) is 0 Å². The molecule has 1 unspecified atom stereocenters. The van der Waals surface area contributed by atoms with Crippen LogP contribution in [0.1, 0.15) is 86.0 Å². The highest BCUT2D eigenvalue weighted by Gasteiger charge is 2.34. The van der Waals surface area contributed by atoms with Crippen LogP contribution in [0.3, 0.4) is 0 Å². The zero-order valence-electron chi connectivity index (χ0n) is 14.0. The molecule has 0 saturated carbocycles. The third-order valence-electron chi connectivity index (χ3n) is 4.68. The van der Waals surface area contributed by atoms with E-state index in [0.29, 0.717) is 5.41 Å². The lowest BCUT2D eigenvalue weighted by Gasteiger charge is -2.38. The first-order valence-electron chi connectivity index (χ1n) is 8.20. The summed E-state index contributed by atoms with van der Waals surface area (Å²) in [6.45, 7) is 15.0. The minimum atomic E-state index is -0.567. The molecule has 0 aromatic heterocycles. The third-order valence-corrected chi connectivity index (χ3v) is 4.68. The molecule has 1 heteroatoms. The molecule has 19 heavy (non-hydrogen) atoms. The summed E-state index contributed by atoms with van der Waals surface area (Å²) in [7, 11) is 0. The van der Waals surface area contributed by atoms with Gasteiger partial charge in [-0.3, -0.25) is 0 Å². The summed E-state index contributed by atoms with van der Waals surface area (Å²) in [4.78, 5) is 0. The lowest BCUT2D eigenvalue weighted by atomic mass is 9.71. The second-order valence-corrected chi connectivity index (χ2v) is 6.83. The molecule has 0 aliphatic rings. The van der Waals surface area contributed by atoms with Gasteiger partial charge in [-0.1, -0.05) is 66.4 Å². The third kappa shape index (κ3) is 6.61. The van der Waals surface area contributed by atoms with E-state index in [-0.39, 0.29) is 5.92 Å². The number of unbranched alkanes of at least 4 members (excludes halogenated alkanes) is 3. The fourth-order valence-corrected chi connectivity index (χ4v) is 2.99. The Bertz CT molecular complexity index is 238. The molecule has 0 fully saturated rings. The highest BCUT2D eigenvalue weighted by molar-refractivity contribution is 4.96. The van der Waals surface area contributed by atoms with Crippen molar-refractivity contribution in [2.24, 2.45) is 11.3 Å². The van der Waals surface area contributed by atoms with Crippen molar-refractivity contribution in [1.29, 1.82) is 0 Å². The van der Waals surface area contributed by atoms with Gasteiger partial charge in [0.25, 0.3) is 0 Å². The summed E-state index contributed by atoms with van der Waals surface area (Å²) in [5.74, 6) is 0.212. The highest BCUT2D eigenvalue weighted by Crippen LogP contribution is 2.38. The molecule has 0 rings (SSSR count). The quantitative estimate of drug-likeness (QED) is 0.375. The average Bonchev–Trinajstić information content (AvgIpc) is 2.40. The van der Waals surface area contributed by atoms with Gasteiger partial charge in [0, 0.05) is 5.92 Å². The summed E-state index contributed by atoms with van der Waals surface area (Å²) >= 11 is 0. The maximum atomic E-state index is 10.7. The van der Waals surface area contributed by atoms with Crippen molar-refractivity contribution in [3.05, 3.63) is 12.7 Å². The van der Waals surface area contributed by atoms with Gasteiger partial charge in [0.2, 0.25) is 0 Å². The van der Waals surface area contributed by atoms with Crippen molar-refractivity contribution in [3.8, 4) is 0 Å². The van der Waals surface area contributed by atoms with E-state index in [9.17, 15) is 5.11 Å². The minimum absolute atomic E-state index is 0.212. The maximum absolute atomic E-state index is 10.7. The lowest BCUT2D eigenvalue weighted by molar-refractivity contribution is -0.0233. The molecule has 0 spiro atoms. The molecule has 0 aliphatic carbocycles. The Morgan fingerprint density at radius 3 is 2.05 bits per heavy atom.